The molecule has 0 saturated carbocycles. The topological polar surface area (TPSA) is 87.2 Å². The van der Waals surface area contributed by atoms with E-state index in [2.05, 4.69) is 27.0 Å². The first-order valence-corrected chi connectivity index (χ1v) is 13.5. The standard InChI is InChI=1S/C26H40N2O5S/c1-6-9-11-13-27(12-8-3)24(31)22-26-17(4)15-19(34-26)20(25(32)33-14-10-7-2)21(26)23(30)28(22)18(5)16-29/h7-8,17-22,29H,2-3,6,9-16H2,1,4-5H3/t17?,18-,19+,20-,21+,22?,26?/m1/s1. The number of rotatable bonds is 13. The van der Waals surface area contributed by atoms with Gasteiger partial charge in [0.15, 0.2) is 0 Å². The second-order valence-electron chi connectivity index (χ2n) is 9.85. The van der Waals surface area contributed by atoms with Gasteiger partial charge in [0.05, 0.1) is 35.8 Å². The van der Waals surface area contributed by atoms with Crippen molar-refractivity contribution in [3.8, 4) is 0 Å². The molecular weight excluding hydrogens is 452 g/mol. The van der Waals surface area contributed by atoms with Gasteiger partial charge >= 0.3 is 5.97 Å². The molecule has 8 heteroatoms. The van der Waals surface area contributed by atoms with Crippen LogP contribution in [-0.4, -0.2) is 81.1 Å². The smallest absolute Gasteiger partial charge is 0.310 e. The van der Waals surface area contributed by atoms with Crippen molar-refractivity contribution in [2.75, 3.05) is 26.3 Å². The van der Waals surface area contributed by atoms with Gasteiger partial charge in [-0.1, -0.05) is 38.8 Å². The fourth-order valence-electron chi connectivity index (χ4n) is 6.08. The largest absolute Gasteiger partial charge is 0.465 e. The lowest BCUT2D eigenvalue weighted by molar-refractivity contribution is -0.154. The maximum atomic E-state index is 14.1. The van der Waals surface area contributed by atoms with E-state index < -0.39 is 28.7 Å². The number of esters is 1. The summed E-state index contributed by atoms with van der Waals surface area (Å²) in [6, 6.07) is -1.24. The number of ether oxygens (including phenoxy) is 1. The Bertz CT molecular complexity index is 804. The van der Waals surface area contributed by atoms with Crippen LogP contribution in [0.25, 0.3) is 0 Å². The number of nitrogens with zero attached hydrogens (tertiary/aromatic N) is 2. The molecule has 1 N–H and O–H groups in total. The highest BCUT2D eigenvalue weighted by molar-refractivity contribution is 8.02. The average molecular weight is 493 g/mol. The molecule has 0 aliphatic carbocycles. The first kappa shape index (κ1) is 26.8. The molecule has 3 saturated heterocycles. The predicted molar refractivity (Wildman–Crippen MR) is 134 cm³/mol. The number of hydrogen-bond acceptors (Lipinski definition) is 6. The van der Waals surface area contributed by atoms with Crippen molar-refractivity contribution in [2.45, 2.75) is 75.0 Å². The zero-order valence-electron chi connectivity index (χ0n) is 20.8. The SMILES string of the molecule is C=CCCOC(=O)[C@@H]1[C@@H]2CC(C)C3(S2)C(C(=O)N(CC=C)CCCCC)N([C@H](C)CO)C(=O)[C@H]13. The van der Waals surface area contributed by atoms with Gasteiger partial charge in [-0.05, 0) is 32.1 Å². The first-order valence-electron chi connectivity index (χ1n) is 12.6. The molecule has 2 amide bonds. The van der Waals surface area contributed by atoms with Crippen LogP contribution >= 0.6 is 11.8 Å². The minimum absolute atomic E-state index is 0.0463. The number of hydrogen-bond donors (Lipinski definition) is 1. The molecule has 190 valence electrons. The number of unbranched alkanes of at least 4 members (excludes halogenated alkanes) is 2. The van der Waals surface area contributed by atoms with E-state index in [4.69, 9.17) is 4.74 Å². The van der Waals surface area contributed by atoms with Crippen molar-refractivity contribution in [3.63, 3.8) is 0 Å². The Labute approximate surface area is 208 Å². The molecule has 3 fully saturated rings. The third-order valence-electron chi connectivity index (χ3n) is 7.69. The quantitative estimate of drug-likeness (QED) is 0.242. The summed E-state index contributed by atoms with van der Waals surface area (Å²) in [7, 11) is 0. The summed E-state index contributed by atoms with van der Waals surface area (Å²) >= 11 is 1.63. The number of likely N-dealkylation sites (tertiary alicyclic amines) is 1. The molecule has 3 heterocycles. The lowest BCUT2D eigenvalue weighted by Gasteiger charge is -2.41. The van der Waals surface area contributed by atoms with Gasteiger partial charge < -0.3 is 19.6 Å². The van der Waals surface area contributed by atoms with Crippen LogP contribution in [0.3, 0.4) is 0 Å². The zero-order valence-corrected chi connectivity index (χ0v) is 21.6. The van der Waals surface area contributed by atoms with Crippen molar-refractivity contribution in [3.05, 3.63) is 25.3 Å². The van der Waals surface area contributed by atoms with Crippen molar-refractivity contribution in [1.82, 2.24) is 9.80 Å². The fourth-order valence-corrected chi connectivity index (χ4v) is 8.47. The van der Waals surface area contributed by atoms with E-state index in [1.807, 2.05) is 0 Å². The van der Waals surface area contributed by atoms with E-state index in [9.17, 15) is 19.5 Å². The lowest BCUT2D eigenvalue weighted by atomic mass is 9.66. The molecule has 0 aromatic heterocycles. The number of aliphatic hydroxyl groups is 1. The average Bonchev–Trinajstić information content (AvgIpc) is 3.41. The minimum atomic E-state index is -0.718. The van der Waals surface area contributed by atoms with Gasteiger partial charge in [0.25, 0.3) is 0 Å². The Morgan fingerprint density at radius 1 is 1.35 bits per heavy atom. The molecule has 1 spiro atoms. The molecule has 7 nitrogen and oxygen atoms in total. The Balaban J connectivity index is 2.00. The number of carbonyl (C=O) groups excluding carboxylic acids is 3. The molecular formula is C26H40N2O5S. The van der Waals surface area contributed by atoms with Crippen LogP contribution < -0.4 is 0 Å². The Morgan fingerprint density at radius 3 is 2.71 bits per heavy atom. The van der Waals surface area contributed by atoms with Crippen molar-refractivity contribution < 1.29 is 24.2 Å². The summed E-state index contributed by atoms with van der Waals surface area (Å²) in [5.41, 5.74) is 0. The number of thioether (sulfide) groups is 1. The van der Waals surface area contributed by atoms with Crippen LogP contribution in [0.2, 0.25) is 0 Å². The fraction of sp³-hybridized carbons (Fsp3) is 0.731. The number of aliphatic hydroxyl groups excluding tert-OH is 1. The van der Waals surface area contributed by atoms with Crippen LogP contribution in [-0.2, 0) is 19.1 Å². The molecule has 3 unspecified atom stereocenters. The molecule has 3 aliphatic rings. The normalized spacial score (nSPS) is 32.4. The molecule has 2 bridgehead atoms. The van der Waals surface area contributed by atoms with E-state index in [0.717, 1.165) is 25.7 Å². The van der Waals surface area contributed by atoms with Gasteiger partial charge in [-0.3, -0.25) is 14.4 Å². The van der Waals surface area contributed by atoms with E-state index in [0.29, 0.717) is 19.5 Å². The summed E-state index contributed by atoms with van der Waals surface area (Å²) in [4.78, 5) is 44.5. The molecule has 3 rings (SSSR count). The lowest BCUT2D eigenvalue weighted by Crippen LogP contribution is -2.59. The highest BCUT2D eigenvalue weighted by Crippen LogP contribution is 2.69. The molecule has 3 aliphatic heterocycles. The van der Waals surface area contributed by atoms with Crippen LogP contribution in [0.1, 0.15) is 52.9 Å². The zero-order chi connectivity index (χ0) is 25.0. The third kappa shape index (κ3) is 4.43. The van der Waals surface area contributed by atoms with E-state index in [1.54, 1.807) is 40.6 Å². The van der Waals surface area contributed by atoms with Gasteiger partial charge in [-0.15, -0.1) is 24.9 Å². The Hall–Kier alpha value is -1.80. The second-order valence-corrected chi connectivity index (χ2v) is 11.4. The van der Waals surface area contributed by atoms with Crippen LogP contribution in [0.15, 0.2) is 25.3 Å². The molecule has 7 atom stereocenters. The highest BCUT2D eigenvalue weighted by atomic mass is 32.2. The number of carbonyl (C=O) groups is 3. The number of amides is 2. The Morgan fingerprint density at radius 2 is 2.09 bits per heavy atom. The Kier molecular flexibility index (Phi) is 8.90. The molecule has 0 aromatic carbocycles. The summed E-state index contributed by atoms with van der Waals surface area (Å²) < 4.78 is 4.82. The van der Waals surface area contributed by atoms with E-state index in [-0.39, 0.29) is 42.2 Å². The van der Waals surface area contributed by atoms with E-state index >= 15 is 0 Å². The molecule has 34 heavy (non-hydrogen) atoms. The van der Waals surface area contributed by atoms with E-state index in [1.165, 1.54) is 0 Å². The molecule has 0 radical (unpaired) electrons. The van der Waals surface area contributed by atoms with Crippen LogP contribution in [0.4, 0.5) is 0 Å². The van der Waals surface area contributed by atoms with Crippen LogP contribution in [0.5, 0.6) is 0 Å². The summed E-state index contributed by atoms with van der Waals surface area (Å²) in [6.07, 6.45) is 7.67. The van der Waals surface area contributed by atoms with Crippen molar-refractivity contribution in [2.24, 2.45) is 17.8 Å². The summed E-state index contributed by atoms with van der Waals surface area (Å²) in [5, 5.41) is 9.95. The van der Waals surface area contributed by atoms with Gasteiger partial charge in [0.1, 0.15) is 6.04 Å². The number of fused-ring (bicyclic) bond motifs is 1. The molecule has 0 aromatic rings. The van der Waals surface area contributed by atoms with Gasteiger partial charge in [-0.2, -0.15) is 0 Å². The monoisotopic (exact) mass is 492 g/mol. The summed E-state index contributed by atoms with van der Waals surface area (Å²) in [6.45, 7) is 14.5. The summed E-state index contributed by atoms with van der Waals surface area (Å²) in [5.74, 6) is -1.78. The highest BCUT2D eigenvalue weighted by Gasteiger charge is 2.76. The van der Waals surface area contributed by atoms with Crippen molar-refractivity contribution in [1.29, 1.82) is 0 Å². The van der Waals surface area contributed by atoms with Crippen LogP contribution in [0, 0.1) is 17.8 Å². The van der Waals surface area contributed by atoms with Gasteiger partial charge in [0, 0.05) is 18.3 Å². The minimum Gasteiger partial charge on any atom is -0.465 e. The maximum absolute atomic E-state index is 14.1. The van der Waals surface area contributed by atoms with Crippen molar-refractivity contribution >= 4 is 29.5 Å². The predicted octanol–water partition coefficient (Wildman–Crippen LogP) is 3.03. The maximum Gasteiger partial charge on any atom is 0.310 e. The second kappa shape index (κ2) is 11.3. The first-order chi connectivity index (χ1) is 16.3. The van der Waals surface area contributed by atoms with Gasteiger partial charge in [0.2, 0.25) is 11.8 Å². The van der Waals surface area contributed by atoms with Gasteiger partial charge in [-0.25, -0.2) is 0 Å². The third-order valence-corrected chi connectivity index (χ3v) is 9.76.